The van der Waals surface area contributed by atoms with Gasteiger partial charge in [0, 0.05) is 0 Å². The van der Waals surface area contributed by atoms with E-state index < -0.39 is 0 Å². The van der Waals surface area contributed by atoms with E-state index >= 15 is 0 Å². The van der Waals surface area contributed by atoms with E-state index in [1.165, 1.54) is 6.39 Å². The normalized spacial score (nSPS) is 10.5. The fourth-order valence-electron chi connectivity index (χ4n) is 0.808. The van der Waals surface area contributed by atoms with Crippen LogP contribution in [0.4, 0.5) is 0 Å². The lowest BCUT2D eigenvalue weighted by Crippen LogP contribution is -1.84. The van der Waals surface area contributed by atoms with Crippen LogP contribution in [0, 0.1) is 6.92 Å². The van der Waals surface area contributed by atoms with E-state index in [2.05, 4.69) is 15.2 Å². The lowest BCUT2D eigenvalue weighted by molar-refractivity contribution is 0.522. The van der Waals surface area contributed by atoms with Crippen molar-refractivity contribution >= 4 is 0 Å². The SMILES string of the molecule is Cc1ncoc2nncc1-2. The van der Waals surface area contributed by atoms with Gasteiger partial charge in [-0.3, -0.25) is 0 Å². The minimum absolute atomic E-state index is 0.549. The van der Waals surface area contributed by atoms with Gasteiger partial charge in [-0.05, 0) is 6.92 Å². The molecule has 2 heterocycles. The summed E-state index contributed by atoms with van der Waals surface area (Å²) in [5.74, 6) is 0.549. The number of hydrogen-bond acceptors (Lipinski definition) is 4. The predicted molar refractivity (Wildman–Crippen MR) is 33.5 cm³/mol. The average molecular weight is 135 g/mol. The van der Waals surface area contributed by atoms with E-state index in [1.807, 2.05) is 6.92 Å². The van der Waals surface area contributed by atoms with E-state index in [9.17, 15) is 0 Å². The summed E-state index contributed by atoms with van der Waals surface area (Å²) in [6.07, 6.45) is 3.01. The molecule has 0 fully saturated rings. The summed E-state index contributed by atoms with van der Waals surface area (Å²) in [5, 5.41) is 7.40. The fourth-order valence-corrected chi connectivity index (χ4v) is 0.808. The largest absolute Gasteiger partial charge is 0.425 e. The van der Waals surface area contributed by atoms with Gasteiger partial charge in [-0.1, -0.05) is 0 Å². The van der Waals surface area contributed by atoms with Gasteiger partial charge in [0.05, 0.1) is 17.5 Å². The molecule has 0 saturated carbocycles. The molecular formula is C6H5N3O. The van der Waals surface area contributed by atoms with Gasteiger partial charge in [0.25, 0.3) is 5.89 Å². The first-order chi connectivity index (χ1) is 4.88. The summed E-state index contributed by atoms with van der Waals surface area (Å²) in [6, 6.07) is 0. The molecule has 0 unspecified atom stereocenters. The van der Waals surface area contributed by atoms with Crippen molar-refractivity contribution in [3.05, 3.63) is 18.3 Å². The average Bonchev–Trinajstić information content (AvgIpc) is 2.36. The Kier molecular flexibility index (Phi) is 0.943. The third-order valence-electron chi connectivity index (χ3n) is 1.37. The molecule has 2 aliphatic rings. The molecule has 0 spiro atoms. The van der Waals surface area contributed by atoms with Crippen LogP contribution in [-0.2, 0) is 0 Å². The Morgan fingerprint density at radius 2 is 2.40 bits per heavy atom. The van der Waals surface area contributed by atoms with Gasteiger partial charge in [-0.15, -0.1) is 5.10 Å². The molecule has 0 saturated heterocycles. The second kappa shape index (κ2) is 1.76. The highest BCUT2D eigenvalue weighted by molar-refractivity contribution is 5.54. The topological polar surface area (TPSA) is 51.8 Å². The second-order valence-electron chi connectivity index (χ2n) is 2.00. The first kappa shape index (κ1) is 5.34. The van der Waals surface area contributed by atoms with Gasteiger partial charge in [0.1, 0.15) is 0 Å². The van der Waals surface area contributed by atoms with Gasteiger partial charge in [-0.2, -0.15) is 5.10 Å². The number of nitrogens with zero attached hydrogens (tertiary/aromatic N) is 3. The summed E-state index contributed by atoms with van der Waals surface area (Å²) in [5.41, 5.74) is 1.77. The van der Waals surface area contributed by atoms with Crippen molar-refractivity contribution in [3.8, 4) is 11.5 Å². The monoisotopic (exact) mass is 135 g/mol. The fraction of sp³-hybridized carbons (Fsp3) is 0.167. The molecule has 0 bridgehead atoms. The van der Waals surface area contributed by atoms with Crippen molar-refractivity contribution in [2.75, 3.05) is 0 Å². The number of aryl methyl sites for hydroxylation is 1. The Bertz CT molecular complexity index is 317. The number of hydrogen-bond donors (Lipinski definition) is 0. The van der Waals surface area contributed by atoms with Crippen LogP contribution >= 0.6 is 0 Å². The van der Waals surface area contributed by atoms with Crippen molar-refractivity contribution in [3.63, 3.8) is 0 Å². The maximum atomic E-state index is 4.95. The molecule has 0 radical (unpaired) electrons. The highest BCUT2D eigenvalue weighted by atomic mass is 16.3. The summed E-state index contributed by atoms with van der Waals surface area (Å²) < 4.78 is 4.95. The number of fused-ring (bicyclic) bond motifs is 1. The number of aromatic nitrogens is 3. The zero-order chi connectivity index (χ0) is 6.97. The van der Waals surface area contributed by atoms with Crippen LogP contribution in [0.1, 0.15) is 5.69 Å². The van der Waals surface area contributed by atoms with Crippen LogP contribution < -0.4 is 0 Å². The Balaban J connectivity index is 2.80. The highest BCUT2D eigenvalue weighted by Crippen LogP contribution is 2.18. The molecule has 0 aliphatic carbocycles. The van der Waals surface area contributed by atoms with Crippen molar-refractivity contribution in [2.24, 2.45) is 0 Å². The Hall–Kier alpha value is -1.45. The minimum Gasteiger partial charge on any atom is -0.425 e. The molecule has 0 aromatic carbocycles. The van der Waals surface area contributed by atoms with Gasteiger partial charge in [0.15, 0.2) is 6.39 Å². The zero-order valence-corrected chi connectivity index (χ0v) is 5.40. The first-order valence-corrected chi connectivity index (χ1v) is 2.89. The minimum atomic E-state index is 0.549. The molecule has 4 heteroatoms. The van der Waals surface area contributed by atoms with Crippen LogP contribution in [0.3, 0.4) is 0 Å². The van der Waals surface area contributed by atoms with Crippen molar-refractivity contribution in [1.29, 1.82) is 0 Å². The lowest BCUT2D eigenvalue weighted by Gasteiger charge is -1.94. The Morgan fingerprint density at radius 3 is 3.20 bits per heavy atom. The van der Waals surface area contributed by atoms with Gasteiger partial charge < -0.3 is 4.42 Å². The quantitative estimate of drug-likeness (QED) is 0.538. The molecule has 0 aromatic rings. The van der Waals surface area contributed by atoms with Crippen LogP contribution in [-0.4, -0.2) is 15.2 Å². The van der Waals surface area contributed by atoms with Gasteiger partial charge in [-0.25, -0.2) is 4.98 Å². The highest BCUT2D eigenvalue weighted by Gasteiger charge is 2.09. The van der Waals surface area contributed by atoms with E-state index in [4.69, 9.17) is 4.42 Å². The van der Waals surface area contributed by atoms with Crippen molar-refractivity contribution in [1.82, 2.24) is 15.2 Å². The smallest absolute Gasteiger partial charge is 0.250 e. The molecule has 0 amide bonds. The summed E-state index contributed by atoms with van der Waals surface area (Å²) >= 11 is 0. The summed E-state index contributed by atoms with van der Waals surface area (Å²) in [4.78, 5) is 3.93. The van der Waals surface area contributed by atoms with Gasteiger partial charge >= 0.3 is 0 Å². The number of rotatable bonds is 0. The first-order valence-electron chi connectivity index (χ1n) is 2.89. The maximum Gasteiger partial charge on any atom is 0.250 e. The zero-order valence-electron chi connectivity index (χ0n) is 5.40. The standard InChI is InChI=1S/C6H5N3O/c1-4-5-2-8-9-6(5)10-3-7-4/h2-3H,1H3. The van der Waals surface area contributed by atoms with Crippen LogP contribution in [0.5, 0.6) is 0 Å². The Morgan fingerprint density at radius 1 is 1.50 bits per heavy atom. The van der Waals surface area contributed by atoms with Crippen LogP contribution in [0.25, 0.3) is 11.5 Å². The van der Waals surface area contributed by atoms with E-state index in [1.54, 1.807) is 6.20 Å². The Labute approximate surface area is 57.3 Å². The lowest BCUT2D eigenvalue weighted by atomic mass is 10.2. The van der Waals surface area contributed by atoms with Gasteiger partial charge in [0.2, 0.25) is 0 Å². The molecule has 4 nitrogen and oxygen atoms in total. The predicted octanol–water partition coefficient (Wildman–Crippen LogP) is 0.878. The van der Waals surface area contributed by atoms with Crippen LogP contribution in [0.2, 0.25) is 0 Å². The summed E-state index contributed by atoms with van der Waals surface area (Å²) in [7, 11) is 0. The van der Waals surface area contributed by atoms with Crippen molar-refractivity contribution in [2.45, 2.75) is 6.92 Å². The van der Waals surface area contributed by atoms with Crippen LogP contribution in [0.15, 0.2) is 17.0 Å². The van der Waals surface area contributed by atoms with E-state index in [0.717, 1.165) is 11.3 Å². The molecule has 0 N–H and O–H groups in total. The third kappa shape index (κ3) is 0.586. The molecule has 0 atom stereocenters. The summed E-state index contributed by atoms with van der Waals surface area (Å²) in [6.45, 7) is 1.89. The van der Waals surface area contributed by atoms with E-state index in [-0.39, 0.29) is 0 Å². The molecule has 10 heavy (non-hydrogen) atoms. The van der Waals surface area contributed by atoms with E-state index in [0.29, 0.717) is 5.89 Å². The molecule has 2 rings (SSSR count). The molecular weight excluding hydrogens is 130 g/mol. The third-order valence-corrected chi connectivity index (χ3v) is 1.37. The van der Waals surface area contributed by atoms with Crippen molar-refractivity contribution < 1.29 is 4.42 Å². The molecule has 0 aromatic heterocycles. The maximum absolute atomic E-state index is 4.95. The molecule has 50 valence electrons. The molecule has 2 aliphatic heterocycles. The second-order valence-corrected chi connectivity index (χ2v) is 2.00.